The third-order valence-electron chi connectivity index (χ3n) is 5.65. The molecule has 3 aromatic heterocycles. The van der Waals surface area contributed by atoms with Crippen molar-refractivity contribution in [2.24, 2.45) is 0 Å². The highest BCUT2D eigenvalue weighted by molar-refractivity contribution is 5.94. The first kappa shape index (κ1) is 20.4. The van der Waals surface area contributed by atoms with Crippen molar-refractivity contribution in [3.63, 3.8) is 0 Å². The zero-order chi connectivity index (χ0) is 20.8. The van der Waals surface area contributed by atoms with Crippen LogP contribution in [0.15, 0.2) is 55.0 Å². The fourth-order valence-corrected chi connectivity index (χ4v) is 3.87. The molecule has 1 amide bonds. The highest BCUT2D eigenvalue weighted by Gasteiger charge is 2.19. The Bertz CT molecular complexity index is 964. The first-order valence-corrected chi connectivity index (χ1v) is 10.5. The number of rotatable bonds is 8. The van der Waals surface area contributed by atoms with Crippen LogP contribution in [0.4, 0.5) is 5.82 Å². The molecule has 0 atom stereocenters. The zero-order valence-electron chi connectivity index (χ0n) is 17.5. The Morgan fingerprint density at radius 3 is 2.60 bits per heavy atom. The van der Waals surface area contributed by atoms with Crippen LogP contribution in [0.5, 0.6) is 0 Å². The molecule has 1 aliphatic rings. The molecule has 7 heteroatoms. The number of pyridine rings is 2. The average molecular weight is 408 g/mol. The van der Waals surface area contributed by atoms with Crippen LogP contribution in [-0.2, 0) is 11.2 Å². The maximum absolute atomic E-state index is 12.7. The summed E-state index contributed by atoms with van der Waals surface area (Å²) in [6.45, 7) is 6.33. The maximum Gasteiger partial charge on any atom is 0.252 e. The van der Waals surface area contributed by atoms with Crippen LogP contribution in [0.3, 0.4) is 0 Å². The second kappa shape index (κ2) is 9.73. The van der Waals surface area contributed by atoms with Crippen molar-refractivity contribution in [2.45, 2.75) is 6.42 Å². The minimum atomic E-state index is -0.0463. The van der Waals surface area contributed by atoms with E-state index in [4.69, 9.17) is 4.74 Å². The smallest absolute Gasteiger partial charge is 0.252 e. The summed E-state index contributed by atoms with van der Waals surface area (Å²) in [5.74, 6) is 1.10. The molecule has 0 unspecified atom stereocenters. The van der Waals surface area contributed by atoms with E-state index in [-0.39, 0.29) is 5.91 Å². The Morgan fingerprint density at radius 1 is 1.07 bits per heavy atom. The monoisotopic (exact) mass is 407 g/mol. The van der Waals surface area contributed by atoms with Crippen LogP contribution in [0, 0.1) is 0 Å². The number of methoxy groups -OCH3 is 1. The number of ether oxygens (including phenoxy) is 1. The Balaban J connectivity index is 1.39. The van der Waals surface area contributed by atoms with E-state index in [9.17, 15) is 4.79 Å². The van der Waals surface area contributed by atoms with E-state index in [1.165, 1.54) is 0 Å². The van der Waals surface area contributed by atoms with Crippen molar-refractivity contribution in [1.82, 2.24) is 19.6 Å². The van der Waals surface area contributed by atoms with E-state index >= 15 is 0 Å². The first-order chi connectivity index (χ1) is 14.7. The van der Waals surface area contributed by atoms with Crippen LogP contribution in [0.25, 0.3) is 5.52 Å². The molecule has 3 aromatic rings. The topological polar surface area (TPSA) is 62.1 Å². The van der Waals surface area contributed by atoms with E-state index in [0.717, 1.165) is 62.6 Å². The van der Waals surface area contributed by atoms with Crippen LogP contribution >= 0.6 is 0 Å². The van der Waals surface area contributed by atoms with Gasteiger partial charge in [0.05, 0.1) is 12.2 Å². The van der Waals surface area contributed by atoms with E-state index in [0.29, 0.717) is 12.1 Å². The number of nitrogens with zero attached hydrogens (tertiary/aromatic N) is 4. The Hall–Kier alpha value is -2.90. The lowest BCUT2D eigenvalue weighted by Crippen LogP contribution is -2.47. The van der Waals surface area contributed by atoms with Gasteiger partial charge in [0, 0.05) is 70.5 Å². The number of anilines is 1. The molecule has 4 rings (SSSR count). The summed E-state index contributed by atoms with van der Waals surface area (Å²) in [5, 5.41) is 3.02. The van der Waals surface area contributed by atoms with Gasteiger partial charge in [0.25, 0.3) is 5.91 Å². The molecule has 0 aromatic carbocycles. The average Bonchev–Trinajstić information content (AvgIpc) is 3.22. The van der Waals surface area contributed by atoms with Gasteiger partial charge in [0.15, 0.2) is 0 Å². The van der Waals surface area contributed by atoms with Gasteiger partial charge in [-0.3, -0.25) is 14.7 Å². The van der Waals surface area contributed by atoms with E-state index in [1.54, 1.807) is 19.5 Å². The normalized spacial score (nSPS) is 14.9. The van der Waals surface area contributed by atoms with Gasteiger partial charge in [-0.05, 0) is 48.4 Å². The van der Waals surface area contributed by atoms with E-state index < -0.39 is 0 Å². The Kier molecular flexibility index (Phi) is 6.61. The van der Waals surface area contributed by atoms with Crippen molar-refractivity contribution in [2.75, 3.05) is 57.9 Å². The third-order valence-corrected chi connectivity index (χ3v) is 5.65. The van der Waals surface area contributed by atoms with Crippen molar-refractivity contribution >= 4 is 17.2 Å². The lowest BCUT2D eigenvalue weighted by molar-refractivity contribution is 0.0953. The summed E-state index contributed by atoms with van der Waals surface area (Å²) in [6, 6.07) is 12.1. The lowest BCUT2D eigenvalue weighted by Gasteiger charge is -2.35. The molecule has 1 saturated heterocycles. The molecule has 4 heterocycles. The number of aromatic nitrogens is 2. The van der Waals surface area contributed by atoms with Gasteiger partial charge in [0.2, 0.25) is 0 Å². The molecule has 0 radical (unpaired) electrons. The van der Waals surface area contributed by atoms with Gasteiger partial charge < -0.3 is 19.4 Å². The largest absolute Gasteiger partial charge is 0.383 e. The Labute approximate surface area is 177 Å². The van der Waals surface area contributed by atoms with Gasteiger partial charge in [0.1, 0.15) is 5.82 Å². The molecule has 1 fully saturated rings. The summed E-state index contributed by atoms with van der Waals surface area (Å²) in [6.07, 6.45) is 6.29. The molecule has 158 valence electrons. The molecule has 0 bridgehead atoms. The summed E-state index contributed by atoms with van der Waals surface area (Å²) in [7, 11) is 1.75. The number of nitrogens with one attached hydrogen (secondary N) is 1. The summed E-state index contributed by atoms with van der Waals surface area (Å²) in [4.78, 5) is 21.5. The zero-order valence-corrected chi connectivity index (χ0v) is 17.5. The standard InChI is InChI=1S/C23H29N5O2/c1-30-17-16-26-12-14-27(15-13-26)22-5-4-21-3-2-20(18-28(21)22)23(29)25-11-8-19-6-9-24-10-7-19/h2-7,9-10,18H,8,11-17H2,1H3,(H,25,29). The number of carbonyl (C=O) groups excluding carboxylic acids is 1. The van der Waals surface area contributed by atoms with Crippen LogP contribution in [-0.4, -0.2) is 73.2 Å². The molecular weight excluding hydrogens is 378 g/mol. The predicted octanol–water partition coefficient (Wildman–Crippen LogP) is 2.08. The third kappa shape index (κ3) is 4.80. The van der Waals surface area contributed by atoms with Gasteiger partial charge >= 0.3 is 0 Å². The fourth-order valence-electron chi connectivity index (χ4n) is 3.87. The SMILES string of the molecule is COCCN1CCN(c2ccc3ccc(C(=O)NCCc4ccncc4)cn23)CC1. The fraction of sp³-hybridized carbons (Fsp3) is 0.391. The van der Waals surface area contributed by atoms with Crippen LogP contribution < -0.4 is 10.2 Å². The first-order valence-electron chi connectivity index (χ1n) is 10.5. The van der Waals surface area contributed by atoms with Crippen LogP contribution in [0.1, 0.15) is 15.9 Å². The number of hydrogen-bond acceptors (Lipinski definition) is 5. The van der Waals surface area contributed by atoms with Crippen LogP contribution in [0.2, 0.25) is 0 Å². The second-order valence-electron chi connectivity index (χ2n) is 7.59. The molecular formula is C23H29N5O2. The van der Waals surface area contributed by atoms with Gasteiger partial charge in [-0.1, -0.05) is 0 Å². The van der Waals surface area contributed by atoms with Gasteiger partial charge in [-0.2, -0.15) is 0 Å². The predicted molar refractivity (Wildman–Crippen MR) is 118 cm³/mol. The summed E-state index contributed by atoms with van der Waals surface area (Å²) < 4.78 is 7.32. The Morgan fingerprint density at radius 2 is 1.83 bits per heavy atom. The lowest BCUT2D eigenvalue weighted by atomic mass is 10.2. The maximum atomic E-state index is 12.7. The van der Waals surface area contributed by atoms with Crippen molar-refractivity contribution in [3.05, 3.63) is 66.1 Å². The molecule has 0 saturated carbocycles. The van der Waals surface area contributed by atoms with Gasteiger partial charge in [-0.15, -0.1) is 0 Å². The van der Waals surface area contributed by atoms with Crippen molar-refractivity contribution in [3.8, 4) is 0 Å². The second-order valence-corrected chi connectivity index (χ2v) is 7.59. The highest BCUT2D eigenvalue weighted by atomic mass is 16.5. The van der Waals surface area contributed by atoms with Crippen molar-refractivity contribution in [1.29, 1.82) is 0 Å². The number of hydrogen-bond donors (Lipinski definition) is 1. The molecule has 30 heavy (non-hydrogen) atoms. The molecule has 1 N–H and O–H groups in total. The highest BCUT2D eigenvalue weighted by Crippen LogP contribution is 2.22. The quantitative estimate of drug-likeness (QED) is 0.620. The summed E-state index contributed by atoms with van der Waals surface area (Å²) >= 11 is 0. The summed E-state index contributed by atoms with van der Waals surface area (Å²) in [5.41, 5.74) is 2.94. The number of carbonyl (C=O) groups is 1. The van der Waals surface area contributed by atoms with Crippen molar-refractivity contribution < 1.29 is 9.53 Å². The number of piperazine rings is 1. The minimum Gasteiger partial charge on any atom is -0.383 e. The van der Waals surface area contributed by atoms with E-state index in [1.807, 2.05) is 30.5 Å². The van der Waals surface area contributed by atoms with Gasteiger partial charge in [-0.25, -0.2) is 0 Å². The molecule has 7 nitrogen and oxygen atoms in total. The molecule has 1 aliphatic heterocycles. The number of fused-ring (bicyclic) bond motifs is 1. The molecule has 0 aliphatic carbocycles. The molecule has 0 spiro atoms. The number of amides is 1. The van der Waals surface area contributed by atoms with E-state index in [2.05, 4.69) is 36.6 Å². The minimum absolute atomic E-state index is 0.0463.